The summed E-state index contributed by atoms with van der Waals surface area (Å²) >= 11 is 0. The first-order chi connectivity index (χ1) is 12.6. The minimum Gasteiger partial charge on any atom is -0.356 e. The standard InChI is InChI=1S/C22H27FN2O/c1-17-4-2-3-5-20(17)16-25-14-11-19(12-15-25)22(26)24-13-10-18-6-8-21(23)9-7-18/h2-9,19H,10-16H2,1H3,(H,24,26). The van der Waals surface area contributed by atoms with Crippen LogP contribution in [0, 0.1) is 18.7 Å². The minimum atomic E-state index is -0.227. The van der Waals surface area contributed by atoms with E-state index < -0.39 is 0 Å². The summed E-state index contributed by atoms with van der Waals surface area (Å²) in [6, 6.07) is 14.9. The van der Waals surface area contributed by atoms with Gasteiger partial charge in [0.05, 0.1) is 0 Å². The zero-order valence-corrected chi connectivity index (χ0v) is 15.4. The number of hydrogen-bond acceptors (Lipinski definition) is 2. The SMILES string of the molecule is Cc1ccccc1CN1CCC(C(=O)NCCc2ccc(F)cc2)CC1. The molecule has 1 N–H and O–H groups in total. The van der Waals surface area contributed by atoms with Gasteiger partial charge in [-0.15, -0.1) is 0 Å². The molecule has 2 aromatic carbocycles. The maximum absolute atomic E-state index is 12.9. The number of carbonyl (C=O) groups excluding carboxylic acids is 1. The van der Waals surface area contributed by atoms with Crippen LogP contribution in [-0.2, 0) is 17.8 Å². The number of likely N-dealkylation sites (tertiary alicyclic amines) is 1. The summed E-state index contributed by atoms with van der Waals surface area (Å²) in [5.74, 6) is 0.0363. The van der Waals surface area contributed by atoms with E-state index in [-0.39, 0.29) is 17.6 Å². The zero-order chi connectivity index (χ0) is 18.4. The Kier molecular flexibility index (Phi) is 6.40. The van der Waals surface area contributed by atoms with Gasteiger partial charge in [-0.2, -0.15) is 0 Å². The lowest BCUT2D eigenvalue weighted by Crippen LogP contribution is -2.40. The van der Waals surface area contributed by atoms with Gasteiger partial charge in [-0.25, -0.2) is 4.39 Å². The minimum absolute atomic E-state index is 0.108. The van der Waals surface area contributed by atoms with Gasteiger partial charge >= 0.3 is 0 Å². The largest absolute Gasteiger partial charge is 0.356 e. The molecule has 0 aliphatic carbocycles. The first-order valence-corrected chi connectivity index (χ1v) is 9.41. The third-order valence-electron chi connectivity index (χ3n) is 5.24. The molecule has 0 saturated carbocycles. The topological polar surface area (TPSA) is 32.3 Å². The predicted molar refractivity (Wildman–Crippen MR) is 102 cm³/mol. The fourth-order valence-electron chi connectivity index (χ4n) is 3.51. The van der Waals surface area contributed by atoms with Crippen LogP contribution in [0.25, 0.3) is 0 Å². The van der Waals surface area contributed by atoms with Gasteiger partial charge in [-0.1, -0.05) is 36.4 Å². The van der Waals surface area contributed by atoms with Gasteiger partial charge < -0.3 is 5.32 Å². The van der Waals surface area contributed by atoms with E-state index in [0.29, 0.717) is 6.54 Å². The van der Waals surface area contributed by atoms with Crippen LogP contribution in [0.15, 0.2) is 48.5 Å². The Hall–Kier alpha value is -2.20. The Morgan fingerprint density at radius 2 is 1.81 bits per heavy atom. The monoisotopic (exact) mass is 354 g/mol. The van der Waals surface area contributed by atoms with E-state index in [1.165, 1.54) is 23.3 Å². The van der Waals surface area contributed by atoms with Crippen molar-refractivity contribution in [3.05, 3.63) is 71.0 Å². The smallest absolute Gasteiger partial charge is 0.223 e. The van der Waals surface area contributed by atoms with E-state index in [9.17, 15) is 9.18 Å². The number of hydrogen-bond donors (Lipinski definition) is 1. The van der Waals surface area contributed by atoms with Crippen molar-refractivity contribution in [3.8, 4) is 0 Å². The fraction of sp³-hybridized carbons (Fsp3) is 0.409. The second kappa shape index (κ2) is 8.95. The highest BCUT2D eigenvalue weighted by Gasteiger charge is 2.24. The van der Waals surface area contributed by atoms with Gasteiger partial charge in [-0.3, -0.25) is 9.69 Å². The van der Waals surface area contributed by atoms with E-state index in [2.05, 4.69) is 41.4 Å². The van der Waals surface area contributed by atoms with Gasteiger partial charge in [-0.05, 0) is 68.1 Å². The Balaban J connectivity index is 1.39. The molecule has 26 heavy (non-hydrogen) atoms. The average Bonchev–Trinajstić information content (AvgIpc) is 2.66. The van der Waals surface area contributed by atoms with Crippen LogP contribution in [0.1, 0.15) is 29.5 Å². The van der Waals surface area contributed by atoms with Crippen molar-refractivity contribution in [1.82, 2.24) is 10.2 Å². The van der Waals surface area contributed by atoms with Gasteiger partial charge in [0.1, 0.15) is 5.82 Å². The number of halogens is 1. The molecule has 3 nitrogen and oxygen atoms in total. The number of amides is 1. The summed E-state index contributed by atoms with van der Waals surface area (Å²) in [4.78, 5) is 14.8. The molecule has 0 spiro atoms. The summed E-state index contributed by atoms with van der Waals surface area (Å²) in [5, 5.41) is 3.04. The fourth-order valence-corrected chi connectivity index (χ4v) is 3.51. The number of nitrogens with one attached hydrogen (secondary N) is 1. The van der Waals surface area contributed by atoms with Crippen molar-refractivity contribution in [2.24, 2.45) is 5.92 Å². The predicted octanol–water partition coefficient (Wildman–Crippen LogP) is 3.71. The molecule has 0 radical (unpaired) electrons. The first kappa shape index (κ1) is 18.6. The van der Waals surface area contributed by atoms with Gasteiger partial charge in [0, 0.05) is 19.0 Å². The van der Waals surface area contributed by atoms with Gasteiger partial charge in [0.25, 0.3) is 0 Å². The highest BCUT2D eigenvalue weighted by molar-refractivity contribution is 5.78. The van der Waals surface area contributed by atoms with Gasteiger partial charge in [0.2, 0.25) is 5.91 Å². The number of aryl methyl sites for hydroxylation is 1. The normalized spacial score (nSPS) is 15.8. The molecule has 0 atom stereocenters. The van der Waals surface area contributed by atoms with Crippen molar-refractivity contribution >= 4 is 5.91 Å². The lowest BCUT2D eigenvalue weighted by atomic mass is 9.95. The molecule has 0 bridgehead atoms. The Labute approximate surface area is 155 Å². The van der Waals surface area contributed by atoms with Crippen LogP contribution < -0.4 is 5.32 Å². The Morgan fingerprint density at radius 1 is 1.12 bits per heavy atom. The summed E-state index contributed by atoms with van der Waals surface area (Å²) in [6.45, 7) is 5.64. The second-order valence-electron chi connectivity index (χ2n) is 7.14. The first-order valence-electron chi connectivity index (χ1n) is 9.41. The van der Waals surface area contributed by atoms with E-state index in [4.69, 9.17) is 0 Å². The van der Waals surface area contributed by atoms with Crippen molar-refractivity contribution in [3.63, 3.8) is 0 Å². The number of nitrogens with zero attached hydrogens (tertiary/aromatic N) is 1. The van der Waals surface area contributed by atoms with E-state index in [0.717, 1.165) is 44.5 Å². The van der Waals surface area contributed by atoms with Crippen LogP contribution in [-0.4, -0.2) is 30.4 Å². The van der Waals surface area contributed by atoms with Gasteiger partial charge in [0.15, 0.2) is 0 Å². The van der Waals surface area contributed by atoms with E-state index in [1.54, 1.807) is 12.1 Å². The molecule has 1 aliphatic rings. The average molecular weight is 354 g/mol. The van der Waals surface area contributed by atoms with Crippen LogP contribution >= 0.6 is 0 Å². The molecule has 138 valence electrons. The van der Waals surface area contributed by atoms with E-state index in [1.807, 2.05) is 0 Å². The molecular formula is C22H27FN2O. The molecule has 3 rings (SSSR count). The molecular weight excluding hydrogens is 327 g/mol. The van der Waals surface area contributed by atoms with Crippen LogP contribution in [0.2, 0.25) is 0 Å². The molecule has 0 unspecified atom stereocenters. The lowest BCUT2D eigenvalue weighted by molar-refractivity contribution is -0.126. The molecule has 1 heterocycles. The van der Waals surface area contributed by atoms with Crippen LogP contribution in [0.3, 0.4) is 0 Å². The number of carbonyl (C=O) groups is 1. The highest BCUT2D eigenvalue weighted by Crippen LogP contribution is 2.20. The molecule has 1 aliphatic heterocycles. The number of rotatable bonds is 6. The zero-order valence-electron chi connectivity index (χ0n) is 15.4. The molecule has 1 fully saturated rings. The van der Waals surface area contributed by atoms with E-state index >= 15 is 0 Å². The summed E-state index contributed by atoms with van der Waals surface area (Å²) < 4.78 is 12.9. The summed E-state index contributed by atoms with van der Waals surface area (Å²) in [6.07, 6.45) is 2.56. The van der Waals surface area contributed by atoms with Crippen molar-refractivity contribution in [2.45, 2.75) is 32.7 Å². The molecule has 1 amide bonds. The molecule has 2 aromatic rings. The second-order valence-corrected chi connectivity index (χ2v) is 7.14. The Morgan fingerprint density at radius 3 is 2.50 bits per heavy atom. The third kappa shape index (κ3) is 5.15. The maximum atomic E-state index is 12.9. The van der Waals surface area contributed by atoms with Crippen molar-refractivity contribution in [2.75, 3.05) is 19.6 Å². The maximum Gasteiger partial charge on any atom is 0.223 e. The summed E-state index contributed by atoms with van der Waals surface area (Å²) in [7, 11) is 0. The Bertz CT molecular complexity index is 721. The quantitative estimate of drug-likeness (QED) is 0.858. The molecule has 0 aromatic heterocycles. The van der Waals surface area contributed by atoms with Crippen LogP contribution in [0.5, 0.6) is 0 Å². The number of piperidine rings is 1. The molecule has 1 saturated heterocycles. The van der Waals surface area contributed by atoms with Crippen molar-refractivity contribution < 1.29 is 9.18 Å². The summed E-state index contributed by atoms with van der Waals surface area (Å²) in [5.41, 5.74) is 3.74. The number of benzene rings is 2. The highest BCUT2D eigenvalue weighted by atomic mass is 19.1. The lowest BCUT2D eigenvalue weighted by Gasteiger charge is -2.31. The van der Waals surface area contributed by atoms with Crippen LogP contribution in [0.4, 0.5) is 4.39 Å². The third-order valence-corrected chi connectivity index (χ3v) is 5.24. The molecule has 4 heteroatoms. The van der Waals surface area contributed by atoms with Crippen molar-refractivity contribution in [1.29, 1.82) is 0 Å².